The molecular formula is C14H20BrNO4. The molecule has 1 aromatic carbocycles. The molecule has 0 amide bonds. The smallest absolute Gasteiger partial charge is 0.317 e. The molecule has 0 radical (unpaired) electrons. The molecule has 0 heterocycles. The van der Waals surface area contributed by atoms with Crippen molar-refractivity contribution in [3.05, 3.63) is 28.2 Å². The first-order valence-corrected chi connectivity index (χ1v) is 7.22. The van der Waals surface area contributed by atoms with Crippen molar-refractivity contribution >= 4 is 21.9 Å². The number of nitrogens with zero attached hydrogens (tertiary/aromatic N) is 1. The summed E-state index contributed by atoms with van der Waals surface area (Å²) in [7, 11) is 1.58. The molecule has 0 saturated heterocycles. The molecule has 112 valence electrons. The number of hydrogen-bond acceptors (Lipinski definition) is 4. The first kappa shape index (κ1) is 16.9. The molecule has 0 aromatic heterocycles. The largest absolute Gasteiger partial charge is 0.508 e. The van der Waals surface area contributed by atoms with Crippen molar-refractivity contribution in [2.45, 2.75) is 19.4 Å². The second kappa shape index (κ2) is 8.24. The maximum Gasteiger partial charge on any atom is 0.317 e. The first-order chi connectivity index (χ1) is 9.49. The van der Waals surface area contributed by atoms with Crippen LogP contribution >= 0.6 is 15.9 Å². The predicted octanol–water partition coefficient (Wildman–Crippen LogP) is 2.64. The minimum Gasteiger partial charge on any atom is -0.508 e. The van der Waals surface area contributed by atoms with Crippen molar-refractivity contribution < 1.29 is 19.7 Å². The third-order valence-electron chi connectivity index (χ3n) is 3.10. The quantitative estimate of drug-likeness (QED) is 0.757. The minimum absolute atomic E-state index is 0.0895. The van der Waals surface area contributed by atoms with Crippen LogP contribution in [-0.4, -0.2) is 47.9 Å². The highest BCUT2D eigenvalue weighted by Gasteiger charge is 2.23. The van der Waals surface area contributed by atoms with Gasteiger partial charge in [-0.05, 0) is 24.6 Å². The van der Waals surface area contributed by atoms with E-state index in [4.69, 9.17) is 9.84 Å². The van der Waals surface area contributed by atoms with E-state index >= 15 is 0 Å². The van der Waals surface area contributed by atoms with Crippen LogP contribution in [0.5, 0.6) is 5.75 Å². The van der Waals surface area contributed by atoms with Crippen molar-refractivity contribution in [2.24, 2.45) is 0 Å². The van der Waals surface area contributed by atoms with E-state index in [9.17, 15) is 9.90 Å². The van der Waals surface area contributed by atoms with E-state index in [0.29, 0.717) is 19.6 Å². The van der Waals surface area contributed by atoms with Crippen molar-refractivity contribution in [1.29, 1.82) is 0 Å². The molecule has 0 aliphatic rings. The fraction of sp³-hybridized carbons (Fsp3) is 0.500. The molecule has 20 heavy (non-hydrogen) atoms. The van der Waals surface area contributed by atoms with Gasteiger partial charge in [0.2, 0.25) is 0 Å². The Morgan fingerprint density at radius 2 is 2.20 bits per heavy atom. The third kappa shape index (κ3) is 4.77. The topological polar surface area (TPSA) is 70.0 Å². The lowest BCUT2D eigenvalue weighted by molar-refractivity contribution is -0.139. The summed E-state index contributed by atoms with van der Waals surface area (Å²) in [6.45, 7) is 2.81. The third-order valence-corrected chi connectivity index (χ3v) is 3.59. The summed E-state index contributed by atoms with van der Waals surface area (Å²) in [5.74, 6) is -0.720. The van der Waals surface area contributed by atoms with E-state index in [1.807, 2.05) is 13.0 Å². The molecular weight excluding hydrogens is 326 g/mol. The Bertz CT molecular complexity index is 453. The number of benzene rings is 1. The number of carbonyl (C=O) groups is 1. The van der Waals surface area contributed by atoms with Gasteiger partial charge >= 0.3 is 5.97 Å². The van der Waals surface area contributed by atoms with E-state index in [1.165, 1.54) is 0 Å². The molecule has 1 atom stereocenters. The lowest BCUT2D eigenvalue weighted by Gasteiger charge is -2.30. The molecule has 0 fully saturated rings. The Morgan fingerprint density at radius 1 is 1.50 bits per heavy atom. The predicted molar refractivity (Wildman–Crippen MR) is 79.9 cm³/mol. The van der Waals surface area contributed by atoms with Crippen LogP contribution in [0.1, 0.15) is 24.9 Å². The van der Waals surface area contributed by atoms with Gasteiger partial charge in [0.25, 0.3) is 0 Å². The van der Waals surface area contributed by atoms with Gasteiger partial charge in [-0.3, -0.25) is 9.69 Å². The van der Waals surface area contributed by atoms with Crippen LogP contribution in [-0.2, 0) is 9.53 Å². The van der Waals surface area contributed by atoms with E-state index in [1.54, 1.807) is 24.1 Å². The molecule has 5 nitrogen and oxygen atoms in total. The van der Waals surface area contributed by atoms with Gasteiger partial charge in [-0.2, -0.15) is 0 Å². The zero-order valence-corrected chi connectivity index (χ0v) is 13.3. The molecule has 0 aliphatic heterocycles. The minimum atomic E-state index is -0.894. The lowest BCUT2D eigenvalue weighted by Crippen LogP contribution is -2.36. The number of hydrogen-bond donors (Lipinski definition) is 2. The Kier molecular flexibility index (Phi) is 6.98. The standard InChI is InChI=1S/C14H20BrNO4/c1-3-12(11-8-10(15)4-5-13(11)17)16(6-7-20-2)9-14(18)19/h4-5,8,12,17H,3,6-7,9H2,1-2H3,(H,18,19). The number of ether oxygens (including phenoxy) is 1. The van der Waals surface area contributed by atoms with Crippen molar-refractivity contribution in [3.8, 4) is 5.75 Å². The number of phenolic OH excluding ortho intramolecular Hbond substituents is 1. The lowest BCUT2D eigenvalue weighted by atomic mass is 10.0. The van der Waals surface area contributed by atoms with Crippen LogP contribution in [0.25, 0.3) is 0 Å². The maximum atomic E-state index is 11.0. The van der Waals surface area contributed by atoms with Gasteiger partial charge in [0, 0.05) is 29.7 Å². The van der Waals surface area contributed by atoms with Crippen LogP contribution in [0.2, 0.25) is 0 Å². The molecule has 1 aromatic rings. The summed E-state index contributed by atoms with van der Waals surface area (Å²) in [6.07, 6.45) is 0.695. The summed E-state index contributed by atoms with van der Waals surface area (Å²) in [4.78, 5) is 12.8. The zero-order valence-electron chi connectivity index (χ0n) is 11.7. The van der Waals surface area contributed by atoms with E-state index < -0.39 is 5.97 Å². The fourth-order valence-electron chi connectivity index (χ4n) is 2.19. The monoisotopic (exact) mass is 345 g/mol. The second-order valence-electron chi connectivity index (χ2n) is 4.48. The number of aromatic hydroxyl groups is 1. The van der Waals surface area contributed by atoms with Crippen LogP contribution in [0.3, 0.4) is 0 Å². The SMILES string of the molecule is CCC(c1cc(Br)ccc1O)N(CCOC)CC(=O)O. The Morgan fingerprint density at radius 3 is 2.75 bits per heavy atom. The summed E-state index contributed by atoms with van der Waals surface area (Å²) in [5.41, 5.74) is 0.722. The van der Waals surface area contributed by atoms with Crippen LogP contribution in [0.4, 0.5) is 0 Å². The van der Waals surface area contributed by atoms with Crippen molar-refractivity contribution in [1.82, 2.24) is 4.90 Å². The molecule has 0 aliphatic carbocycles. The van der Waals surface area contributed by atoms with Crippen LogP contribution in [0, 0.1) is 0 Å². The zero-order chi connectivity index (χ0) is 15.1. The fourth-order valence-corrected chi connectivity index (χ4v) is 2.57. The number of carboxylic acids is 1. The average Bonchev–Trinajstić information content (AvgIpc) is 2.40. The van der Waals surface area contributed by atoms with Gasteiger partial charge in [-0.1, -0.05) is 22.9 Å². The van der Waals surface area contributed by atoms with Gasteiger partial charge in [-0.25, -0.2) is 0 Å². The molecule has 1 rings (SSSR count). The number of phenols is 1. The van der Waals surface area contributed by atoms with Crippen molar-refractivity contribution in [3.63, 3.8) is 0 Å². The number of methoxy groups -OCH3 is 1. The number of aliphatic carboxylic acids is 1. The molecule has 6 heteroatoms. The number of rotatable bonds is 8. The summed E-state index contributed by atoms with van der Waals surface area (Å²) < 4.78 is 5.88. The first-order valence-electron chi connectivity index (χ1n) is 6.42. The molecule has 0 saturated carbocycles. The van der Waals surface area contributed by atoms with Crippen molar-refractivity contribution in [2.75, 3.05) is 26.8 Å². The second-order valence-corrected chi connectivity index (χ2v) is 5.40. The van der Waals surface area contributed by atoms with Gasteiger partial charge in [0.05, 0.1) is 13.2 Å². The highest BCUT2D eigenvalue weighted by Crippen LogP contribution is 2.33. The van der Waals surface area contributed by atoms with E-state index in [2.05, 4.69) is 15.9 Å². The number of halogens is 1. The summed E-state index contributed by atoms with van der Waals surface area (Å²) >= 11 is 3.38. The van der Waals surface area contributed by atoms with Gasteiger partial charge in [-0.15, -0.1) is 0 Å². The Labute approximate surface area is 127 Å². The molecule has 1 unspecified atom stereocenters. The van der Waals surface area contributed by atoms with Gasteiger partial charge in [0.1, 0.15) is 5.75 Å². The molecule has 2 N–H and O–H groups in total. The highest BCUT2D eigenvalue weighted by atomic mass is 79.9. The maximum absolute atomic E-state index is 11.0. The average molecular weight is 346 g/mol. The normalized spacial score (nSPS) is 12.6. The van der Waals surface area contributed by atoms with E-state index in [0.717, 1.165) is 10.0 Å². The summed E-state index contributed by atoms with van der Waals surface area (Å²) in [6, 6.07) is 5.02. The van der Waals surface area contributed by atoms with Gasteiger partial charge < -0.3 is 14.9 Å². The molecule has 0 spiro atoms. The van der Waals surface area contributed by atoms with E-state index in [-0.39, 0.29) is 18.3 Å². The highest BCUT2D eigenvalue weighted by molar-refractivity contribution is 9.10. The Hall–Kier alpha value is -1.11. The van der Waals surface area contributed by atoms with Crippen LogP contribution < -0.4 is 0 Å². The number of carboxylic acid groups (broad SMARTS) is 1. The van der Waals surface area contributed by atoms with Crippen LogP contribution in [0.15, 0.2) is 22.7 Å². The Balaban J connectivity index is 3.04. The van der Waals surface area contributed by atoms with Gasteiger partial charge in [0.15, 0.2) is 0 Å². The summed E-state index contributed by atoms with van der Waals surface area (Å²) in [5, 5.41) is 19.1. The molecule has 0 bridgehead atoms.